The number of halogens is 1. The molecule has 8 heteroatoms. The fourth-order valence-corrected chi connectivity index (χ4v) is 4.13. The molecule has 2 rings (SSSR count). The average Bonchev–Trinajstić information content (AvgIpc) is 2.59. The van der Waals surface area contributed by atoms with Crippen LogP contribution in [0.2, 0.25) is 5.02 Å². The molecule has 1 aliphatic rings. The maximum absolute atomic E-state index is 12.6. The van der Waals surface area contributed by atoms with E-state index in [4.69, 9.17) is 21.6 Å². The van der Waals surface area contributed by atoms with Gasteiger partial charge in [0.1, 0.15) is 0 Å². The van der Waals surface area contributed by atoms with Gasteiger partial charge < -0.3 is 4.74 Å². The molecule has 0 amide bonds. The zero-order valence-electron chi connectivity index (χ0n) is 13.2. The minimum atomic E-state index is -3.57. The molecule has 1 saturated heterocycles. The molecule has 0 N–H and O–H groups in total. The summed E-state index contributed by atoms with van der Waals surface area (Å²) in [4.78, 5) is 12.1. The van der Waals surface area contributed by atoms with Gasteiger partial charge in [-0.25, -0.2) is 8.42 Å². The number of hydrogen-bond donors (Lipinski definition) is 0. The van der Waals surface area contributed by atoms with Crippen molar-refractivity contribution in [1.82, 2.24) is 4.31 Å². The van der Waals surface area contributed by atoms with E-state index in [9.17, 15) is 13.2 Å². The highest BCUT2D eigenvalue weighted by Gasteiger charge is 2.32. The molecule has 0 spiro atoms. The Kier molecular flexibility index (Phi) is 6.60. The number of hydrogen-bond acceptors (Lipinski definition) is 5. The number of carbonyl (C=O) groups excluding carboxylic acids is 1. The third-order valence-corrected chi connectivity index (χ3v) is 6.08. The van der Waals surface area contributed by atoms with Gasteiger partial charge in [0.2, 0.25) is 10.0 Å². The minimum Gasteiger partial charge on any atom is -0.465 e. The lowest BCUT2D eigenvalue weighted by Crippen LogP contribution is -2.40. The fourth-order valence-electron chi connectivity index (χ4n) is 2.53. The smallest absolute Gasteiger partial charge is 0.309 e. The number of nitrogens with zero attached hydrogens (tertiary/aromatic N) is 2. The quantitative estimate of drug-likeness (QED) is 0.567. The van der Waals surface area contributed by atoms with Gasteiger partial charge in [0, 0.05) is 24.5 Å². The summed E-state index contributed by atoms with van der Waals surface area (Å²) in [5.41, 5.74) is 0. The SMILES string of the molecule is N#CCCCOC(=O)C1CCN(S(=O)(=O)c2ccc(Cl)cc2)CC1. The van der Waals surface area contributed by atoms with E-state index in [2.05, 4.69) is 0 Å². The van der Waals surface area contributed by atoms with E-state index < -0.39 is 10.0 Å². The molecule has 6 nitrogen and oxygen atoms in total. The van der Waals surface area contributed by atoms with Gasteiger partial charge >= 0.3 is 5.97 Å². The van der Waals surface area contributed by atoms with E-state index in [0.717, 1.165) is 0 Å². The third-order valence-electron chi connectivity index (χ3n) is 3.92. The van der Waals surface area contributed by atoms with Crippen molar-refractivity contribution in [3.63, 3.8) is 0 Å². The number of unbranched alkanes of at least 4 members (excludes halogenated alkanes) is 1. The number of nitriles is 1. The van der Waals surface area contributed by atoms with Gasteiger partial charge in [0.25, 0.3) is 0 Å². The molecule has 1 aliphatic heterocycles. The molecule has 1 heterocycles. The van der Waals surface area contributed by atoms with Crippen LogP contribution in [-0.2, 0) is 19.6 Å². The maximum Gasteiger partial charge on any atom is 0.309 e. The second-order valence-corrected chi connectivity index (χ2v) is 7.94. The van der Waals surface area contributed by atoms with Gasteiger partial charge in [-0.1, -0.05) is 11.6 Å². The van der Waals surface area contributed by atoms with Gasteiger partial charge in [0.15, 0.2) is 0 Å². The zero-order valence-corrected chi connectivity index (χ0v) is 14.7. The normalized spacial score (nSPS) is 16.5. The highest BCUT2D eigenvalue weighted by atomic mass is 35.5. The highest BCUT2D eigenvalue weighted by Crippen LogP contribution is 2.25. The predicted octanol–water partition coefficient (Wildman–Crippen LogP) is 2.59. The van der Waals surface area contributed by atoms with Crippen molar-refractivity contribution in [3.8, 4) is 6.07 Å². The first-order chi connectivity index (χ1) is 11.4. The Bertz CT molecular complexity index is 705. The van der Waals surface area contributed by atoms with E-state index in [1.807, 2.05) is 6.07 Å². The van der Waals surface area contributed by atoms with Gasteiger partial charge in [0.05, 0.1) is 23.5 Å². The standard InChI is InChI=1S/C16H19ClN2O4S/c17-14-3-5-15(6-4-14)24(21,22)19-10-7-13(8-11-19)16(20)23-12-2-1-9-18/h3-6,13H,1-2,7-8,10-12H2. The Morgan fingerprint density at radius 1 is 1.29 bits per heavy atom. The van der Waals surface area contributed by atoms with Crippen molar-refractivity contribution >= 4 is 27.6 Å². The second-order valence-electron chi connectivity index (χ2n) is 5.56. The molecular formula is C16H19ClN2O4S. The summed E-state index contributed by atoms with van der Waals surface area (Å²) in [6, 6.07) is 8.03. The van der Waals surface area contributed by atoms with Crippen LogP contribution in [0.5, 0.6) is 0 Å². The molecule has 0 bridgehead atoms. The first-order valence-electron chi connectivity index (χ1n) is 7.74. The lowest BCUT2D eigenvalue weighted by molar-refractivity contribution is -0.149. The number of sulfonamides is 1. The molecule has 1 aromatic carbocycles. The van der Waals surface area contributed by atoms with Crippen LogP contribution in [-0.4, -0.2) is 38.4 Å². The monoisotopic (exact) mass is 370 g/mol. The molecule has 1 aromatic rings. The zero-order chi connectivity index (χ0) is 17.6. The lowest BCUT2D eigenvalue weighted by atomic mass is 9.98. The van der Waals surface area contributed by atoms with Gasteiger partial charge in [-0.05, 0) is 43.5 Å². The Balaban J connectivity index is 1.89. The number of ether oxygens (including phenoxy) is 1. The summed E-state index contributed by atoms with van der Waals surface area (Å²) < 4.78 is 31.6. The van der Waals surface area contributed by atoms with Crippen LogP contribution >= 0.6 is 11.6 Å². The summed E-state index contributed by atoms with van der Waals surface area (Å²) in [6.45, 7) is 0.793. The van der Waals surface area contributed by atoms with Crippen molar-refractivity contribution in [3.05, 3.63) is 29.3 Å². The average molecular weight is 371 g/mol. The largest absolute Gasteiger partial charge is 0.465 e. The highest BCUT2D eigenvalue weighted by molar-refractivity contribution is 7.89. The molecule has 0 aliphatic carbocycles. The van der Waals surface area contributed by atoms with Crippen molar-refractivity contribution in [2.45, 2.75) is 30.6 Å². The van der Waals surface area contributed by atoms with Crippen LogP contribution in [0.4, 0.5) is 0 Å². The fraction of sp³-hybridized carbons (Fsp3) is 0.500. The molecule has 0 aromatic heterocycles. The van der Waals surface area contributed by atoms with Gasteiger partial charge in [-0.3, -0.25) is 4.79 Å². The Morgan fingerprint density at radius 2 is 1.92 bits per heavy atom. The van der Waals surface area contributed by atoms with Crippen LogP contribution in [0.25, 0.3) is 0 Å². The first kappa shape index (κ1) is 18.7. The van der Waals surface area contributed by atoms with E-state index in [-0.39, 0.29) is 36.5 Å². The molecule has 0 atom stereocenters. The van der Waals surface area contributed by atoms with E-state index >= 15 is 0 Å². The number of benzene rings is 1. The van der Waals surface area contributed by atoms with Crippen molar-refractivity contribution < 1.29 is 17.9 Å². The topological polar surface area (TPSA) is 87.5 Å². The minimum absolute atomic E-state index is 0.199. The number of piperidine rings is 1. The third kappa shape index (κ3) is 4.69. The van der Waals surface area contributed by atoms with Crippen LogP contribution in [0.3, 0.4) is 0 Å². The number of esters is 1. The van der Waals surface area contributed by atoms with Crippen LogP contribution in [0, 0.1) is 17.2 Å². The number of carbonyl (C=O) groups is 1. The summed E-state index contributed by atoms with van der Waals surface area (Å²) in [5, 5.41) is 8.91. The molecule has 0 unspecified atom stereocenters. The molecular weight excluding hydrogens is 352 g/mol. The number of rotatable bonds is 6. The maximum atomic E-state index is 12.6. The lowest BCUT2D eigenvalue weighted by Gasteiger charge is -2.30. The molecule has 130 valence electrons. The summed E-state index contributed by atoms with van der Waals surface area (Å²) >= 11 is 5.79. The van der Waals surface area contributed by atoms with Crippen molar-refractivity contribution in [1.29, 1.82) is 5.26 Å². The molecule has 24 heavy (non-hydrogen) atoms. The van der Waals surface area contributed by atoms with E-state index in [1.54, 1.807) is 12.1 Å². The van der Waals surface area contributed by atoms with Crippen LogP contribution in [0.15, 0.2) is 29.2 Å². The summed E-state index contributed by atoms with van der Waals surface area (Å²) in [6.07, 6.45) is 1.74. The molecule has 0 saturated carbocycles. The van der Waals surface area contributed by atoms with Crippen molar-refractivity contribution in [2.24, 2.45) is 5.92 Å². The predicted molar refractivity (Wildman–Crippen MR) is 88.7 cm³/mol. The van der Waals surface area contributed by atoms with Gasteiger partial charge in [-0.2, -0.15) is 9.57 Å². The van der Waals surface area contributed by atoms with Crippen LogP contribution in [0.1, 0.15) is 25.7 Å². The Hall–Kier alpha value is -1.62. The molecule has 0 radical (unpaired) electrons. The summed E-state index contributed by atoms with van der Waals surface area (Å²) in [7, 11) is -3.57. The first-order valence-corrected chi connectivity index (χ1v) is 9.56. The summed E-state index contributed by atoms with van der Waals surface area (Å²) in [5.74, 6) is -0.597. The Labute approximate surface area is 147 Å². The Morgan fingerprint density at radius 3 is 2.50 bits per heavy atom. The van der Waals surface area contributed by atoms with Crippen LogP contribution < -0.4 is 0 Å². The molecule has 1 fully saturated rings. The second kappa shape index (κ2) is 8.47. The van der Waals surface area contributed by atoms with E-state index in [0.29, 0.717) is 30.7 Å². The van der Waals surface area contributed by atoms with Gasteiger partial charge in [-0.15, -0.1) is 0 Å². The van der Waals surface area contributed by atoms with E-state index in [1.165, 1.54) is 16.4 Å². The van der Waals surface area contributed by atoms with Crippen molar-refractivity contribution in [2.75, 3.05) is 19.7 Å².